The van der Waals surface area contributed by atoms with Crippen LogP contribution in [0.1, 0.15) is 24.2 Å². The molecule has 1 unspecified atom stereocenters. The number of hydrogen-bond donors (Lipinski definition) is 2. The van der Waals surface area contributed by atoms with Gasteiger partial charge in [0.2, 0.25) is 11.6 Å². The predicted molar refractivity (Wildman–Crippen MR) is 101 cm³/mol. The molecule has 1 atom stereocenters. The van der Waals surface area contributed by atoms with E-state index >= 15 is 0 Å². The minimum atomic E-state index is -0.550. The van der Waals surface area contributed by atoms with Crippen molar-refractivity contribution in [3.8, 4) is 5.69 Å². The van der Waals surface area contributed by atoms with Gasteiger partial charge in [-0.25, -0.2) is 4.79 Å². The molecule has 1 aromatic heterocycles. The average Bonchev–Trinajstić information content (AvgIpc) is 3.03. The van der Waals surface area contributed by atoms with Crippen molar-refractivity contribution in [2.75, 3.05) is 5.32 Å². The SMILES string of the molecule is CC(=O)c1ccc(NC(=O)C(C)Sc2c(=O)o[nH][n+]2-c2ccccc2)cc1. The van der Waals surface area contributed by atoms with Crippen molar-refractivity contribution in [3.05, 3.63) is 70.6 Å². The molecule has 2 aromatic carbocycles. The predicted octanol–water partition coefficient (Wildman–Crippen LogP) is 2.57. The molecular weight excluding hydrogens is 366 g/mol. The molecule has 0 saturated carbocycles. The number of thioether (sulfide) groups is 1. The van der Waals surface area contributed by atoms with Crippen LogP contribution in [0.15, 0.2) is 68.9 Å². The van der Waals surface area contributed by atoms with Crippen molar-refractivity contribution in [2.24, 2.45) is 0 Å². The Bertz CT molecular complexity index is 1010. The van der Waals surface area contributed by atoms with E-state index < -0.39 is 10.9 Å². The highest BCUT2D eigenvalue weighted by Crippen LogP contribution is 2.20. The van der Waals surface area contributed by atoms with Gasteiger partial charge >= 0.3 is 10.7 Å². The molecule has 0 fully saturated rings. The molecule has 0 radical (unpaired) electrons. The third kappa shape index (κ3) is 4.35. The number of aromatic amines is 1. The first-order valence-corrected chi connectivity index (χ1v) is 9.11. The Morgan fingerprint density at radius 3 is 2.41 bits per heavy atom. The van der Waals surface area contributed by atoms with E-state index in [2.05, 4.69) is 10.6 Å². The number of para-hydroxylation sites is 1. The summed E-state index contributed by atoms with van der Waals surface area (Å²) in [5.74, 6) is -0.308. The van der Waals surface area contributed by atoms with E-state index in [1.807, 2.05) is 30.3 Å². The maximum absolute atomic E-state index is 12.5. The summed E-state index contributed by atoms with van der Waals surface area (Å²) >= 11 is 1.09. The molecule has 0 bridgehead atoms. The number of H-pyrrole nitrogens is 1. The first kappa shape index (κ1) is 18.7. The summed E-state index contributed by atoms with van der Waals surface area (Å²) in [6, 6.07) is 15.8. The van der Waals surface area contributed by atoms with Crippen molar-refractivity contribution < 1.29 is 18.8 Å². The third-order valence-corrected chi connectivity index (χ3v) is 4.98. The number of hydrogen-bond acceptors (Lipinski definition) is 5. The molecule has 0 aliphatic carbocycles. The van der Waals surface area contributed by atoms with E-state index in [1.165, 1.54) is 11.6 Å². The van der Waals surface area contributed by atoms with Crippen LogP contribution in [-0.2, 0) is 4.79 Å². The quantitative estimate of drug-likeness (QED) is 0.387. The molecule has 0 saturated heterocycles. The number of aromatic nitrogens is 2. The Morgan fingerprint density at radius 1 is 1.11 bits per heavy atom. The van der Waals surface area contributed by atoms with Crippen molar-refractivity contribution in [2.45, 2.75) is 24.1 Å². The van der Waals surface area contributed by atoms with Crippen LogP contribution in [0.5, 0.6) is 0 Å². The first-order chi connectivity index (χ1) is 13.0. The van der Waals surface area contributed by atoms with E-state index in [0.29, 0.717) is 11.3 Å². The lowest BCUT2D eigenvalue weighted by molar-refractivity contribution is -0.704. The Balaban J connectivity index is 1.73. The fourth-order valence-corrected chi connectivity index (χ4v) is 3.25. The van der Waals surface area contributed by atoms with Crippen LogP contribution in [0.4, 0.5) is 5.69 Å². The molecular formula is C19H18N3O4S+. The number of nitrogens with one attached hydrogen (secondary N) is 2. The van der Waals surface area contributed by atoms with Crippen LogP contribution >= 0.6 is 11.8 Å². The summed E-state index contributed by atoms with van der Waals surface area (Å²) in [7, 11) is 0. The fourth-order valence-electron chi connectivity index (χ4n) is 2.36. The van der Waals surface area contributed by atoms with Gasteiger partial charge in [-0.1, -0.05) is 18.2 Å². The lowest BCUT2D eigenvalue weighted by Crippen LogP contribution is -2.37. The number of Topliss-reactive ketones (excluding diaryl/α,β-unsaturated/α-hetero) is 1. The summed E-state index contributed by atoms with van der Waals surface area (Å²) in [6.45, 7) is 3.18. The van der Waals surface area contributed by atoms with Crippen LogP contribution < -0.4 is 15.6 Å². The van der Waals surface area contributed by atoms with Gasteiger partial charge in [-0.15, -0.1) is 0 Å². The molecule has 27 heavy (non-hydrogen) atoms. The smallest absolute Gasteiger partial charge is 0.325 e. The maximum atomic E-state index is 12.5. The van der Waals surface area contributed by atoms with Crippen molar-refractivity contribution in [1.29, 1.82) is 0 Å². The first-order valence-electron chi connectivity index (χ1n) is 8.23. The summed E-state index contributed by atoms with van der Waals surface area (Å²) in [6.07, 6.45) is 0. The van der Waals surface area contributed by atoms with E-state index in [0.717, 1.165) is 17.4 Å². The van der Waals surface area contributed by atoms with E-state index in [4.69, 9.17) is 4.52 Å². The van der Waals surface area contributed by atoms with Crippen LogP contribution in [-0.4, -0.2) is 22.2 Å². The zero-order chi connectivity index (χ0) is 19.4. The third-order valence-electron chi connectivity index (χ3n) is 3.84. The highest BCUT2D eigenvalue weighted by Gasteiger charge is 2.28. The molecule has 3 aromatic rings. The van der Waals surface area contributed by atoms with E-state index in [1.54, 1.807) is 31.2 Å². The topological polar surface area (TPSA) is 96.0 Å². The molecule has 0 aliphatic rings. The summed E-state index contributed by atoms with van der Waals surface area (Å²) in [4.78, 5) is 35.8. The highest BCUT2D eigenvalue weighted by molar-refractivity contribution is 8.00. The van der Waals surface area contributed by atoms with Gasteiger partial charge in [-0.05, 0) is 59.8 Å². The summed E-state index contributed by atoms with van der Waals surface area (Å²) in [5.41, 5.74) is 1.33. The molecule has 1 heterocycles. The van der Waals surface area contributed by atoms with Crippen molar-refractivity contribution in [3.63, 3.8) is 0 Å². The Morgan fingerprint density at radius 2 is 1.78 bits per heavy atom. The Kier molecular flexibility index (Phi) is 5.56. The lowest BCUT2D eigenvalue weighted by Gasteiger charge is -2.09. The van der Waals surface area contributed by atoms with Gasteiger partial charge < -0.3 is 5.32 Å². The molecule has 1 amide bonds. The largest absolute Gasteiger partial charge is 0.442 e. The van der Waals surface area contributed by atoms with Gasteiger partial charge in [-0.2, -0.15) is 0 Å². The lowest BCUT2D eigenvalue weighted by atomic mass is 10.1. The molecule has 2 N–H and O–H groups in total. The number of amides is 1. The minimum Gasteiger partial charge on any atom is -0.325 e. The number of ketones is 1. The van der Waals surface area contributed by atoms with Gasteiger partial charge in [0.05, 0.1) is 5.25 Å². The summed E-state index contributed by atoms with van der Waals surface area (Å²) in [5, 5.41) is 5.05. The number of nitrogens with zero attached hydrogens (tertiary/aromatic N) is 1. The molecule has 3 rings (SSSR count). The van der Waals surface area contributed by atoms with Gasteiger partial charge in [0.25, 0.3) is 0 Å². The van der Waals surface area contributed by atoms with E-state index in [9.17, 15) is 14.4 Å². The van der Waals surface area contributed by atoms with Crippen LogP contribution in [0.3, 0.4) is 0 Å². The second kappa shape index (κ2) is 8.05. The minimum absolute atomic E-state index is 0.0403. The number of carbonyl (C=O) groups excluding carboxylic acids is 2. The highest BCUT2D eigenvalue weighted by atomic mass is 32.2. The zero-order valence-electron chi connectivity index (χ0n) is 14.8. The Hall–Kier alpha value is -3.13. The number of benzene rings is 2. The van der Waals surface area contributed by atoms with Gasteiger partial charge in [0.1, 0.15) is 0 Å². The van der Waals surface area contributed by atoms with Gasteiger partial charge in [0, 0.05) is 23.4 Å². The van der Waals surface area contributed by atoms with Crippen LogP contribution in [0, 0.1) is 0 Å². The molecule has 8 heteroatoms. The number of rotatable bonds is 6. The van der Waals surface area contributed by atoms with Crippen LogP contribution in [0.25, 0.3) is 5.69 Å². The van der Waals surface area contributed by atoms with Gasteiger partial charge in [0.15, 0.2) is 5.78 Å². The average molecular weight is 384 g/mol. The fraction of sp³-hybridized carbons (Fsp3) is 0.158. The van der Waals surface area contributed by atoms with Crippen molar-refractivity contribution in [1.82, 2.24) is 5.27 Å². The second-order valence-corrected chi connectivity index (χ2v) is 7.17. The molecule has 0 aliphatic heterocycles. The Labute approximate surface area is 159 Å². The monoisotopic (exact) mass is 384 g/mol. The standard InChI is InChI=1S/C19H17N3O4S/c1-12(23)14-8-10-15(11-9-14)20-17(24)13(2)27-18-19(25)26-21-22(18)16-6-4-3-5-7-16/h3-11,13H,1-2H3,(H-,20,21,23,24,25)/p+1. The normalized spacial score (nSPS) is 11.8. The second-order valence-electron chi connectivity index (χ2n) is 5.84. The molecule has 138 valence electrons. The molecule has 7 nitrogen and oxygen atoms in total. The zero-order valence-corrected chi connectivity index (χ0v) is 15.6. The number of anilines is 1. The maximum Gasteiger partial charge on any atom is 0.442 e. The molecule has 0 spiro atoms. The number of carbonyl (C=O) groups is 2. The van der Waals surface area contributed by atoms with Gasteiger partial charge in [-0.3, -0.25) is 14.1 Å². The summed E-state index contributed by atoms with van der Waals surface area (Å²) < 4.78 is 6.38. The van der Waals surface area contributed by atoms with Crippen LogP contribution in [0.2, 0.25) is 0 Å². The van der Waals surface area contributed by atoms with E-state index in [-0.39, 0.29) is 16.7 Å². The van der Waals surface area contributed by atoms with Crippen molar-refractivity contribution >= 4 is 29.1 Å².